The van der Waals surface area contributed by atoms with E-state index in [-0.39, 0.29) is 12.0 Å². The minimum Gasteiger partial charge on any atom is -0.490 e. The molecule has 0 N–H and O–H groups in total. The first-order valence-corrected chi connectivity index (χ1v) is 11.0. The van der Waals surface area contributed by atoms with Gasteiger partial charge in [-0.2, -0.15) is 0 Å². The Bertz CT molecular complexity index is 1020. The van der Waals surface area contributed by atoms with Gasteiger partial charge >= 0.3 is 5.97 Å². The van der Waals surface area contributed by atoms with Crippen LogP contribution in [0.3, 0.4) is 0 Å². The molecule has 0 radical (unpaired) electrons. The van der Waals surface area contributed by atoms with Crippen LogP contribution in [-0.2, 0) is 9.53 Å². The molecule has 0 amide bonds. The zero-order chi connectivity index (χ0) is 21.6. The number of hydrogen-bond acceptors (Lipinski definition) is 7. The van der Waals surface area contributed by atoms with Crippen molar-refractivity contribution in [1.82, 2.24) is 4.90 Å². The lowest BCUT2D eigenvalue weighted by Crippen LogP contribution is -2.34. The standard InChI is InChI=1S/C24H24N2O4S/c1-3-28-23(27)21-17(2)25-24-26(13-16-31-24)22(21)18-9-11-20(12-10-18)30-15-14-29-19-7-5-4-6-8-19/h4-13,16,22H,3,14-15H2,1-2H3/t22-/m0/s1. The van der Waals surface area contributed by atoms with Gasteiger partial charge in [-0.15, -0.1) is 0 Å². The van der Waals surface area contributed by atoms with Crippen LogP contribution in [0, 0.1) is 0 Å². The van der Waals surface area contributed by atoms with E-state index in [2.05, 4.69) is 4.99 Å². The van der Waals surface area contributed by atoms with Crippen molar-refractivity contribution >= 4 is 22.9 Å². The minimum atomic E-state index is -0.337. The fourth-order valence-corrected chi connectivity index (χ4v) is 4.27. The lowest BCUT2D eigenvalue weighted by atomic mass is 9.95. The summed E-state index contributed by atoms with van der Waals surface area (Å²) in [4.78, 5) is 19.3. The number of ether oxygens (including phenoxy) is 3. The molecule has 2 heterocycles. The van der Waals surface area contributed by atoms with Crippen LogP contribution in [0.1, 0.15) is 25.5 Å². The molecule has 4 rings (SSSR count). The summed E-state index contributed by atoms with van der Waals surface area (Å²) in [7, 11) is 0. The molecular formula is C24H24N2O4S. The Morgan fingerprint density at radius 1 is 1.03 bits per heavy atom. The van der Waals surface area contributed by atoms with Crippen molar-refractivity contribution in [3.8, 4) is 11.5 Å². The maximum Gasteiger partial charge on any atom is 0.338 e. The first kappa shape index (κ1) is 21.1. The van der Waals surface area contributed by atoms with Crippen LogP contribution in [0.15, 0.2) is 82.5 Å². The van der Waals surface area contributed by atoms with Gasteiger partial charge in [-0.1, -0.05) is 42.1 Å². The molecule has 2 aliphatic heterocycles. The van der Waals surface area contributed by atoms with Crippen LogP contribution in [0.5, 0.6) is 11.5 Å². The smallest absolute Gasteiger partial charge is 0.338 e. The molecule has 0 unspecified atom stereocenters. The average Bonchev–Trinajstić information content (AvgIpc) is 3.25. The van der Waals surface area contributed by atoms with E-state index in [0.717, 1.165) is 22.2 Å². The second-order valence-electron chi connectivity index (χ2n) is 6.91. The number of carbonyl (C=O) groups excluding carboxylic acids is 1. The molecule has 2 aromatic rings. The SMILES string of the molecule is CCOC(=O)C1=C(C)N=C2SC=CN2[C@H]1c1ccc(OCCOc2ccccc2)cc1. The Kier molecular flexibility index (Phi) is 6.62. The van der Waals surface area contributed by atoms with Gasteiger partial charge in [0, 0.05) is 6.20 Å². The third-order valence-corrected chi connectivity index (χ3v) is 5.65. The maximum atomic E-state index is 12.7. The van der Waals surface area contributed by atoms with E-state index >= 15 is 0 Å². The van der Waals surface area contributed by atoms with E-state index in [9.17, 15) is 4.79 Å². The fourth-order valence-electron chi connectivity index (χ4n) is 3.48. The van der Waals surface area contributed by atoms with E-state index < -0.39 is 0 Å². The molecule has 0 saturated carbocycles. The van der Waals surface area contributed by atoms with Crippen molar-refractivity contribution in [3.63, 3.8) is 0 Å². The molecule has 1 atom stereocenters. The molecule has 0 bridgehead atoms. The predicted octanol–water partition coefficient (Wildman–Crippen LogP) is 4.91. The topological polar surface area (TPSA) is 60.4 Å². The number of hydrogen-bond donors (Lipinski definition) is 0. The van der Waals surface area contributed by atoms with E-state index in [0.29, 0.717) is 31.1 Å². The molecule has 6 nitrogen and oxygen atoms in total. The highest BCUT2D eigenvalue weighted by Gasteiger charge is 2.37. The van der Waals surface area contributed by atoms with Gasteiger partial charge in [0.1, 0.15) is 24.7 Å². The van der Waals surface area contributed by atoms with Gasteiger partial charge in [0.15, 0.2) is 5.17 Å². The van der Waals surface area contributed by atoms with Crippen molar-refractivity contribution in [2.75, 3.05) is 19.8 Å². The molecule has 31 heavy (non-hydrogen) atoms. The second-order valence-corrected chi connectivity index (χ2v) is 7.78. The highest BCUT2D eigenvalue weighted by atomic mass is 32.2. The van der Waals surface area contributed by atoms with Gasteiger partial charge in [0.2, 0.25) is 0 Å². The minimum absolute atomic E-state index is 0.284. The molecular weight excluding hydrogens is 412 g/mol. The molecule has 0 saturated heterocycles. The van der Waals surface area contributed by atoms with Gasteiger partial charge in [-0.3, -0.25) is 0 Å². The number of esters is 1. The number of thioether (sulfide) groups is 1. The van der Waals surface area contributed by atoms with E-state index in [4.69, 9.17) is 14.2 Å². The summed E-state index contributed by atoms with van der Waals surface area (Å²) in [6.07, 6.45) is 1.95. The van der Waals surface area contributed by atoms with Crippen LogP contribution in [-0.4, -0.2) is 35.9 Å². The number of carbonyl (C=O) groups is 1. The summed E-state index contributed by atoms with van der Waals surface area (Å²) in [5, 5.41) is 2.83. The molecule has 0 aromatic heterocycles. The van der Waals surface area contributed by atoms with E-state index in [1.807, 2.05) is 78.0 Å². The molecule has 7 heteroatoms. The Morgan fingerprint density at radius 3 is 2.39 bits per heavy atom. The van der Waals surface area contributed by atoms with Crippen LogP contribution in [0.2, 0.25) is 0 Å². The summed E-state index contributed by atoms with van der Waals surface area (Å²) >= 11 is 1.54. The first-order chi connectivity index (χ1) is 15.2. The summed E-state index contributed by atoms with van der Waals surface area (Å²) < 4.78 is 16.8. The molecule has 2 aliphatic rings. The Hall–Kier alpha value is -3.19. The second kappa shape index (κ2) is 9.75. The number of benzene rings is 2. The predicted molar refractivity (Wildman–Crippen MR) is 122 cm³/mol. The summed E-state index contributed by atoms with van der Waals surface area (Å²) in [5.74, 6) is 1.23. The number of para-hydroxylation sites is 1. The van der Waals surface area contributed by atoms with Crippen molar-refractivity contribution < 1.29 is 19.0 Å². The molecule has 2 aromatic carbocycles. The summed E-state index contributed by atoms with van der Waals surface area (Å²) in [5.41, 5.74) is 2.21. The molecule has 0 aliphatic carbocycles. The number of allylic oxidation sites excluding steroid dienone is 1. The first-order valence-electron chi connectivity index (χ1n) is 10.2. The molecule has 0 spiro atoms. The van der Waals surface area contributed by atoms with Crippen molar-refractivity contribution in [2.24, 2.45) is 4.99 Å². The largest absolute Gasteiger partial charge is 0.490 e. The van der Waals surface area contributed by atoms with Crippen LogP contribution < -0.4 is 9.47 Å². The Morgan fingerprint density at radius 2 is 1.71 bits per heavy atom. The van der Waals surface area contributed by atoms with Gasteiger partial charge in [0.05, 0.1) is 23.9 Å². The van der Waals surface area contributed by atoms with Gasteiger partial charge in [-0.25, -0.2) is 9.79 Å². The van der Waals surface area contributed by atoms with Crippen molar-refractivity contribution in [2.45, 2.75) is 19.9 Å². The zero-order valence-electron chi connectivity index (χ0n) is 17.5. The fraction of sp³-hybridized carbons (Fsp3) is 0.250. The quantitative estimate of drug-likeness (QED) is 0.433. The van der Waals surface area contributed by atoms with Crippen LogP contribution in [0.25, 0.3) is 0 Å². The third kappa shape index (κ3) is 4.77. The van der Waals surface area contributed by atoms with Gasteiger partial charge < -0.3 is 19.1 Å². The van der Waals surface area contributed by atoms with E-state index in [1.54, 1.807) is 18.7 Å². The summed E-state index contributed by atoms with van der Waals surface area (Å²) in [6.45, 7) is 4.87. The highest BCUT2D eigenvalue weighted by Crippen LogP contribution is 2.41. The van der Waals surface area contributed by atoms with Crippen LogP contribution >= 0.6 is 11.8 Å². The Labute approximate surface area is 186 Å². The Balaban J connectivity index is 1.45. The van der Waals surface area contributed by atoms with Gasteiger partial charge in [-0.05, 0) is 49.1 Å². The van der Waals surface area contributed by atoms with E-state index in [1.165, 1.54) is 0 Å². The number of aliphatic imine (C=N–C) groups is 1. The maximum absolute atomic E-state index is 12.7. The normalized spacial score (nSPS) is 17.3. The van der Waals surface area contributed by atoms with Crippen molar-refractivity contribution in [1.29, 1.82) is 0 Å². The highest BCUT2D eigenvalue weighted by molar-refractivity contribution is 8.16. The third-order valence-electron chi connectivity index (χ3n) is 4.88. The number of rotatable bonds is 8. The van der Waals surface area contributed by atoms with Crippen molar-refractivity contribution in [3.05, 3.63) is 83.0 Å². The number of nitrogens with zero attached hydrogens (tertiary/aromatic N) is 2. The lowest BCUT2D eigenvalue weighted by molar-refractivity contribution is -0.139. The van der Waals surface area contributed by atoms with Gasteiger partial charge in [0.25, 0.3) is 0 Å². The molecule has 160 valence electrons. The lowest BCUT2D eigenvalue weighted by Gasteiger charge is -2.33. The monoisotopic (exact) mass is 436 g/mol. The average molecular weight is 437 g/mol. The summed E-state index contributed by atoms with van der Waals surface area (Å²) in [6, 6.07) is 17.1. The zero-order valence-corrected chi connectivity index (χ0v) is 18.3. The number of fused-ring (bicyclic) bond motifs is 1. The molecule has 0 fully saturated rings. The number of amidine groups is 1. The van der Waals surface area contributed by atoms with Crippen LogP contribution in [0.4, 0.5) is 0 Å².